The molecule has 0 aliphatic heterocycles. The van der Waals surface area contributed by atoms with Gasteiger partial charge in [0.1, 0.15) is 5.82 Å². The van der Waals surface area contributed by atoms with Gasteiger partial charge in [-0.1, -0.05) is 25.0 Å². The van der Waals surface area contributed by atoms with E-state index in [1.54, 1.807) is 19.1 Å². The van der Waals surface area contributed by atoms with Gasteiger partial charge < -0.3 is 10.4 Å². The van der Waals surface area contributed by atoms with Crippen molar-refractivity contribution in [3.05, 3.63) is 35.6 Å². The third kappa shape index (κ3) is 3.80. The van der Waals surface area contributed by atoms with Gasteiger partial charge in [0.15, 0.2) is 0 Å². The summed E-state index contributed by atoms with van der Waals surface area (Å²) in [5, 5.41) is 12.2. The van der Waals surface area contributed by atoms with Crippen LogP contribution in [0.15, 0.2) is 24.3 Å². The predicted octanol–water partition coefficient (Wildman–Crippen LogP) is 2.52. The van der Waals surface area contributed by atoms with Crippen LogP contribution in [0.1, 0.15) is 38.2 Å². The number of hydrogen-bond acceptors (Lipinski definition) is 2. The van der Waals surface area contributed by atoms with E-state index >= 15 is 0 Å². The Morgan fingerprint density at radius 2 is 2.00 bits per heavy atom. The van der Waals surface area contributed by atoms with Gasteiger partial charge in [-0.15, -0.1) is 0 Å². The summed E-state index contributed by atoms with van der Waals surface area (Å²) in [6.07, 6.45) is 3.17. The van der Waals surface area contributed by atoms with Crippen molar-refractivity contribution in [1.29, 1.82) is 0 Å². The number of carbonyl (C=O) groups excluding carboxylic acids is 1. The standard InChI is InChI=1S/C16H20FNO3/c1-16(9-3-2-4-13(16)15(20)21)18-14(19)10-11-5-7-12(17)8-6-11/h5-8,13H,2-4,9-10H2,1H3,(H,18,19)(H,20,21). The Balaban J connectivity index is 2.02. The zero-order chi connectivity index (χ0) is 15.5. The van der Waals surface area contributed by atoms with Gasteiger partial charge in [0.2, 0.25) is 5.91 Å². The third-order valence-electron chi connectivity index (χ3n) is 4.21. The second-order valence-corrected chi connectivity index (χ2v) is 5.91. The molecule has 2 unspecified atom stereocenters. The van der Waals surface area contributed by atoms with Crippen LogP contribution in [-0.4, -0.2) is 22.5 Å². The van der Waals surface area contributed by atoms with Gasteiger partial charge in [-0.2, -0.15) is 0 Å². The maximum absolute atomic E-state index is 12.8. The lowest BCUT2D eigenvalue weighted by Gasteiger charge is -2.39. The fraction of sp³-hybridized carbons (Fsp3) is 0.500. The SMILES string of the molecule is CC1(NC(=O)Cc2ccc(F)cc2)CCCCC1C(=O)O. The van der Waals surface area contributed by atoms with Crippen molar-refractivity contribution in [2.45, 2.75) is 44.6 Å². The fourth-order valence-electron chi connectivity index (χ4n) is 3.03. The summed E-state index contributed by atoms with van der Waals surface area (Å²) in [5.74, 6) is -1.98. The number of carboxylic acids is 1. The Kier molecular flexibility index (Phi) is 4.60. The summed E-state index contributed by atoms with van der Waals surface area (Å²) in [6, 6.07) is 5.75. The van der Waals surface area contributed by atoms with Gasteiger partial charge in [0.05, 0.1) is 17.9 Å². The maximum Gasteiger partial charge on any atom is 0.308 e. The molecule has 0 radical (unpaired) electrons. The number of hydrogen-bond donors (Lipinski definition) is 2. The van der Waals surface area contributed by atoms with Crippen LogP contribution in [0.3, 0.4) is 0 Å². The lowest BCUT2D eigenvalue weighted by Crippen LogP contribution is -2.55. The molecular weight excluding hydrogens is 273 g/mol. The fourth-order valence-corrected chi connectivity index (χ4v) is 3.03. The quantitative estimate of drug-likeness (QED) is 0.896. The first kappa shape index (κ1) is 15.5. The molecule has 1 amide bonds. The summed E-state index contributed by atoms with van der Waals surface area (Å²) in [7, 11) is 0. The molecule has 5 heteroatoms. The number of carboxylic acid groups (broad SMARTS) is 1. The van der Waals surface area contributed by atoms with Crippen molar-refractivity contribution >= 4 is 11.9 Å². The van der Waals surface area contributed by atoms with Crippen molar-refractivity contribution in [3.8, 4) is 0 Å². The predicted molar refractivity (Wildman–Crippen MR) is 76.2 cm³/mol. The number of benzene rings is 1. The topological polar surface area (TPSA) is 66.4 Å². The average molecular weight is 293 g/mol. The van der Waals surface area contributed by atoms with E-state index in [0.717, 1.165) is 12.8 Å². The Morgan fingerprint density at radius 1 is 1.33 bits per heavy atom. The first-order chi connectivity index (χ1) is 9.90. The molecule has 2 atom stereocenters. The highest BCUT2D eigenvalue weighted by Gasteiger charge is 2.42. The van der Waals surface area contributed by atoms with Crippen molar-refractivity contribution in [2.24, 2.45) is 5.92 Å². The molecule has 1 aromatic carbocycles. The number of amides is 1. The molecule has 0 saturated heterocycles. The molecule has 114 valence electrons. The van der Waals surface area contributed by atoms with E-state index < -0.39 is 17.4 Å². The lowest BCUT2D eigenvalue weighted by atomic mass is 9.74. The molecule has 4 nitrogen and oxygen atoms in total. The van der Waals surface area contributed by atoms with Crippen molar-refractivity contribution < 1.29 is 19.1 Å². The van der Waals surface area contributed by atoms with E-state index in [2.05, 4.69) is 5.32 Å². The minimum Gasteiger partial charge on any atom is -0.481 e. The minimum absolute atomic E-state index is 0.127. The van der Waals surface area contributed by atoms with Gasteiger partial charge >= 0.3 is 5.97 Å². The van der Waals surface area contributed by atoms with Gasteiger partial charge in [0, 0.05) is 0 Å². The normalized spacial score (nSPS) is 25.3. The summed E-state index contributed by atoms with van der Waals surface area (Å²) in [5.41, 5.74) is 0.00136. The number of aliphatic carboxylic acids is 1. The lowest BCUT2D eigenvalue weighted by molar-refractivity contribution is -0.146. The van der Waals surface area contributed by atoms with Crippen molar-refractivity contribution in [2.75, 3.05) is 0 Å². The molecule has 21 heavy (non-hydrogen) atoms. The Morgan fingerprint density at radius 3 is 2.62 bits per heavy atom. The van der Waals surface area contributed by atoms with E-state index in [0.29, 0.717) is 18.4 Å². The molecule has 0 aromatic heterocycles. The van der Waals surface area contributed by atoms with Gasteiger partial charge in [-0.25, -0.2) is 4.39 Å². The van der Waals surface area contributed by atoms with Gasteiger partial charge in [-0.3, -0.25) is 9.59 Å². The molecule has 1 aliphatic carbocycles. The van der Waals surface area contributed by atoms with Crippen molar-refractivity contribution in [1.82, 2.24) is 5.32 Å². The minimum atomic E-state index is -0.862. The Bertz CT molecular complexity index is 529. The van der Waals surface area contributed by atoms with E-state index in [-0.39, 0.29) is 18.1 Å². The first-order valence-electron chi connectivity index (χ1n) is 7.19. The van der Waals surface area contributed by atoms with Crippen LogP contribution in [0.25, 0.3) is 0 Å². The van der Waals surface area contributed by atoms with E-state index in [9.17, 15) is 19.1 Å². The zero-order valence-electron chi connectivity index (χ0n) is 12.1. The highest BCUT2D eigenvalue weighted by atomic mass is 19.1. The number of nitrogens with one attached hydrogen (secondary N) is 1. The molecule has 1 aliphatic rings. The molecule has 2 rings (SSSR count). The molecule has 0 spiro atoms. The average Bonchev–Trinajstić information content (AvgIpc) is 2.41. The Hall–Kier alpha value is -1.91. The van der Waals surface area contributed by atoms with Crippen LogP contribution < -0.4 is 5.32 Å². The summed E-state index contributed by atoms with van der Waals surface area (Å²) in [4.78, 5) is 23.5. The summed E-state index contributed by atoms with van der Waals surface area (Å²) in [6.45, 7) is 1.80. The summed E-state index contributed by atoms with van der Waals surface area (Å²) >= 11 is 0. The van der Waals surface area contributed by atoms with Gasteiger partial charge in [-0.05, 0) is 37.5 Å². The second kappa shape index (κ2) is 6.24. The monoisotopic (exact) mass is 293 g/mol. The number of carbonyl (C=O) groups is 2. The summed E-state index contributed by atoms with van der Waals surface area (Å²) < 4.78 is 12.8. The molecule has 1 fully saturated rings. The van der Waals surface area contributed by atoms with E-state index in [1.165, 1.54) is 12.1 Å². The molecule has 1 aromatic rings. The largest absolute Gasteiger partial charge is 0.481 e. The van der Waals surface area contributed by atoms with Crippen LogP contribution in [0.4, 0.5) is 4.39 Å². The number of rotatable bonds is 4. The molecule has 0 bridgehead atoms. The third-order valence-corrected chi connectivity index (χ3v) is 4.21. The molecule has 0 heterocycles. The van der Waals surface area contributed by atoms with Crippen LogP contribution >= 0.6 is 0 Å². The van der Waals surface area contributed by atoms with E-state index in [4.69, 9.17) is 0 Å². The van der Waals surface area contributed by atoms with Crippen LogP contribution in [0.2, 0.25) is 0 Å². The Labute approximate surface area is 123 Å². The van der Waals surface area contributed by atoms with Crippen LogP contribution in [-0.2, 0) is 16.0 Å². The van der Waals surface area contributed by atoms with Gasteiger partial charge in [0.25, 0.3) is 0 Å². The maximum atomic E-state index is 12.8. The molecule has 2 N–H and O–H groups in total. The zero-order valence-corrected chi connectivity index (χ0v) is 12.1. The molecule has 1 saturated carbocycles. The first-order valence-corrected chi connectivity index (χ1v) is 7.19. The number of halogens is 1. The second-order valence-electron chi connectivity index (χ2n) is 5.91. The molecular formula is C16H20FNO3. The van der Waals surface area contributed by atoms with Crippen LogP contribution in [0.5, 0.6) is 0 Å². The highest BCUT2D eigenvalue weighted by Crippen LogP contribution is 2.33. The highest BCUT2D eigenvalue weighted by molar-refractivity contribution is 5.81. The van der Waals surface area contributed by atoms with E-state index in [1.807, 2.05) is 0 Å². The van der Waals surface area contributed by atoms with Crippen molar-refractivity contribution in [3.63, 3.8) is 0 Å². The smallest absolute Gasteiger partial charge is 0.308 e. The van der Waals surface area contributed by atoms with Crippen LogP contribution in [0, 0.1) is 11.7 Å².